The van der Waals surface area contributed by atoms with Crippen LogP contribution in [0.2, 0.25) is 0 Å². The second-order valence-electron chi connectivity index (χ2n) is 6.05. The zero-order chi connectivity index (χ0) is 18.5. The van der Waals surface area contributed by atoms with Gasteiger partial charge in [-0.25, -0.2) is 4.39 Å². The Morgan fingerprint density at radius 3 is 2.65 bits per heavy atom. The van der Waals surface area contributed by atoms with Gasteiger partial charge in [0.15, 0.2) is 5.76 Å². The van der Waals surface area contributed by atoms with Gasteiger partial charge in [-0.2, -0.15) is 0 Å². The predicted octanol–water partition coefficient (Wildman–Crippen LogP) is 4.25. The molecule has 0 aliphatic rings. The summed E-state index contributed by atoms with van der Waals surface area (Å²) < 4.78 is 23.6. The van der Waals surface area contributed by atoms with Gasteiger partial charge in [-0.15, -0.1) is 0 Å². The number of nitrogens with one attached hydrogen (secondary N) is 1. The van der Waals surface area contributed by atoms with Crippen LogP contribution >= 0.6 is 0 Å². The molecule has 3 aromatic rings. The quantitative estimate of drug-likeness (QED) is 0.719. The second-order valence-corrected chi connectivity index (χ2v) is 6.05. The Morgan fingerprint density at radius 1 is 1.15 bits per heavy atom. The van der Waals surface area contributed by atoms with Gasteiger partial charge in [-0.3, -0.25) is 4.79 Å². The highest BCUT2D eigenvalue weighted by Gasteiger charge is 2.09. The highest BCUT2D eigenvalue weighted by atomic mass is 19.1. The molecule has 0 aliphatic carbocycles. The molecule has 0 aliphatic heterocycles. The molecule has 134 valence electrons. The van der Waals surface area contributed by atoms with Crippen molar-refractivity contribution >= 4 is 11.6 Å². The monoisotopic (exact) mass is 354 g/mol. The lowest BCUT2D eigenvalue weighted by atomic mass is 10.1. The molecule has 0 atom stereocenters. The molecule has 2 aromatic carbocycles. The van der Waals surface area contributed by atoms with Crippen LogP contribution in [-0.2, 0) is 16.1 Å². The van der Waals surface area contributed by atoms with Gasteiger partial charge in [-0.05, 0) is 49.7 Å². The SMILES string of the molecule is Cc1ccc(NC(=O)COCc2cc(-c3ccc(F)cc3)on2)c(C)c1. The Bertz CT molecular complexity index is 904. The third-order valence-corrected chi connectivity index (χ3v) is 3.83. The minimum absolute atomic E-state index is 0.0912. The van der Waals surface area contributed by atoms with Gasteiger partial charge >= 0.3 is 0 Å². The van der Waals surface area contributed by atoms with E-state index in [0.29, 0.717) is 11.5 Å². The molecule has 0 saturated carbocycles. The summed E-state index contributed by atoms with van der Waals surface area (Å²) in [6, 6.07) is 13.4. The van der Waals surface area contributed by atoms with E-state index in [1.54, 1.807) is 18.2 Å². The van der Waals surface area contributed by atoms with E-state index in [4.69, 9.17) is 9.26 Å². The normalized spacial score (nSPS) is 10.7. The lowest BCUT2D eigenvalue weighted by Crippen LogP contribution is -2.18. The third-order valence-electron chi connectivity index (χ3n) is 3.83. The van der Waals surface area contributed by atoms with Gasteiger partial charge in [-0.1, -0.05) is 22.9 Å². The number of aromatic nitrogens is 1. The minimum atomic E-state index is -0.313. The smallest absolute Gasteiger partial charge is 0.250 e. The number of hydrogen-bond acceptors (Lipinski definition) is 4. The number of rotatable bonds is 6. The van der Waals surface area contributed by atoms with Gasteiger partial charge in [0.2, 0.25) is 5.91 Å². The maximum atomic E-state index is 12.9. The summed E-state index contributed by atoms with van der Waals surface area (Å²) in [5.74, 6) is -0.0332. The molecule has 0 saturated heterocycles. The Balaban J connectivity index is 1.50. The molecular weight excluding hydrogens is 335 g/mol. The molecular formula is C20H19FN2O3. The lowest BCUT2D eigenvalue weighted by Gasteiger charge is -2.09. The average molecular weight is 354 g/mol. The number of hydrogen-bond donors (Lipinski definition) is 1. The van der Waals surface area contributed by atoms with Crippen molar-refractivity contribution < 1.29 is 18.4 Å². The molecule has 0 bridgehead atoms. The summed E-state index contributed by atoms with van der Waals surface area (Å²) in [5.41, 5.74) is 4.18. The highest BCUT2D eigenvalue weighted by Crippen LogP contribution is 2.21. The molecule has 0 spiro atoms. The van der Waals surface area contributed by atoms with Crippen LogP contribution in [0.3, 0.4) is 0 Å². The van der Waals surface area contributed by atoms with Crippen molar-refractivity contribution in [3.05, 3.63) is 71.2 Å². The number of aryl methyl sites for hydroxylation is 2. The van der Waals surface area contributed by atoms with Crippen LogP contribution in [0.5, 0.6) is 0 Å². The number of benzene rings is 2. The first-order valence-electron chi connectivity index (χ1n) is 8.17. The molecule has 0 unspecified atom stereocenters. The summed E-state index contributed by atoms with van der Waals surface area (Å²) in [7, 11) is 0. The molecule has 3 rings (SSSR count). The van der Waals surface area contributed by atoms with E-state index >= 15 is 0 Å². The van der Waals surface area contributed by atoms with Crippen LogP contribution in [0, 0.1) is 19.7 Å². The Labute approximate surface area is 150 Å². The lowest BCUT2D eigenvalue weighted by molar-refractivity contribution is -0.121. The predicted molar refractivity (Wildman–Crippen MR) is 96.1 cm³/mol. The van der Waals surface area contributed by atoms with E-state index in [9.17, 15) is 9.18 Å². The maximum Gasteiger partial charge on any atom is 0.250 e. The largest absolute Gasteiger partial charge is 0.365 e. The van der Waals surface area contributed by atoms with E-state index in [1.807, 2.05) is 32.0 Å². The van der Waals surface area contributed by atoms with Gasteiger partial charge in [0.1, 0.15) is 18.1 Å². The number of nitrogens with zero attached hydrogens (tertiary/aromatic N) is 1. The molecule has 0 radical (unpaired) electrons. The first-order valence-corrected chi connectivity index (χ1v) is 8.17. The molecule has 1 heterocycles. The molecule has 1 amide bonds. The van der Waals surface area contributed by atoms with Gasteiger partial charge in [0.25, 0.3) is 0 Å². The number of ether oxygens (including phenoxy) is 1. The van der Waals surface area contributed by atoms with Crippen molar-refractivity contribution in [1.29, 1.82) is 0 Å². The average Bonchev–Trinajstić information content (AvgIpc) is 3.07. The standard InChI is InChI=1S/C20H19FN2O3/c1-13-3-8-18(14(2)9-13)22-20(24)12-25-11-17-10-19(26-23-17)15-4-6-16(21)7-5-15/h3-10H,11-12H2,1-2H3,(H,22,24). The first kappa shape index (κ1) is 17.8. The highest BCUT2D eigenvalue weighted by molar-refractivity contribution is 5.92. The Hall–Kier alpha value is -2.99. The summed E-state index contributed by atoms with van der Waals surface area (Å²) in [5, 5.41) is 6.71. The number of anilines is 1. The molecule has 0 fully saturated rings. The second kappa shape index (κ2) is 7.93. The van der Waals surface area contributed by atoms with Crippen LogP contribution in [0.15, 0.2) is 53.1 Å². The number of amides is 1. The Kier molecular flexibility index (Phi) is 5.43. The third kappa shape index (κ3) is 4.55. The van der Waals surface area contributed by atoms with E-state index in [0.717, 1.165) is 22.4 Å². The summed E-state index contributed by atoms with van der Waals surface area (Å²) in [6.07, 6.45) is 0. The number of halogens is 1. The van der Waals surface area contributed by atoms with Crippen molar-refractivity contribution in [2.45, 2.75) is 20.5 Å². The molecule has 26 heavy (non-hydrogen) atoms. The van der Waals surface area contributed by atoms with Crippen molar-refractivity contribution in [1.82, 2.24) is 5.16 Å². The molecule has 1 aromatic heterocycles. The fourth-order valence-electron chi connectivity index (χ4n) is 2.52. The zero-order valence-electron chi connectivity index (χ0n) is 14.6. The van der Waals surface area contributed by atoms with E-state index in [1.165, 1.54) is 12.1 Å². The summed E-state index contributed by atoms with van der Waals surface area (Å²) in [4.78, 5) is 12.0. The van der Waals surface area contributed by atoms with E-state index in [-0.39, 0.29) is 24.9 Å². The number of carbonyl (C=O) groups is 1. The van der Waals surface area contributed by atoms with E-state index in [2.05, 4.69) is 10.5 Å². The van der Waals surface area contributed by atoms with Gasteiger partial charge in [0.05, 0.1) is 6.61 Å². The summed E-state index contributed by atoms with van der Waals surface area (Å²) >= 11 is 0. The van der Waals surface area contributed by atoms with Crippen molar-refractivity contribution in [2.24, 2.45) is 0 Å². The summed E-state index contributed by atoms with van der Waals surface area (Å²) in [6.45, 7) is 3.99. The van der Waals surface area contributed by atoms with Crippen molar-refractivity contribution in [2.75, 3.05) is 11.9 Å². The van der Waals surface area contributed by atoms with Crippen LogP contribution in [0.25, 0.3) is 11.3 Å². The molecule has 6 heteroatoms. The molecule has 5 nitrogen and oxygen atoms in total. The van der Waals surface area contributed by atoms with Gasteiger partial charge in [0, 0.05) is 17.3 Å². The fraction of sp³-hybridized carbons (Fsp3) is 0.200. The topological polar surface area (TPSA) is 64.4 Å². The maximum absolute atomic E-state index is 12.9. The molecule has 1 N–H and O–H groups in total. The minimum Gasteiger partial charge on any atom is -0.365 e. The Morgan fingerprint density at radius 2 is 1.92 bits per heavy atom. The fourth-order valence-corrected chi connectivity index (χ4v) is 2.52. The van der Waals surface area contributed by atoms with E-state index < -0.39 is 0 Å². The van der Waals surface area contributed by atoms with Gasteiger partial charge < -0.3 is 14.6 Å². The number of carbonyl (C=O) groups excluding carboxylic acids is 1. The van der Waals surface area contributed by atoms with Crippen LogP contribution < -0.4 is 5.32 Å². The van der Waals surface area contributed by atoms with Crippen LogP contribution in [-0.4, -0.2) is 17.7 Å². The zero-order valence-corrected chi connectivity index (χ0v) is 14.6. The van der Waals surface area contributed by atoms with Crippen LogP contribution in [0.4, 0.5) is 10.1 Å². The van der Waals surface area contributed by atoms with Crippen molar-refractivity contribution in [3.8, 4) is 11.3 Å². The van der Waals surface area contributed by atoms with Crippen molar-refractivity contribution in [3.63, 3.8) is 0 Å². The first-order chi connectivity index (χ1) is 12.5. The van der Waals surface area contributed by atoms with Crippen LogP contribution in [0.1, 0.15) is 16.8 Å².